The van der Waals surface area contributed by atoms with Crippen molar-refractivity contribution in [2.45, 2.75) is 40.0 Å². The number of H-pyrrole nitrogens is 1. The summed E-state index contributed by atoms with van der Waals surface area (Å²) in [4.78, 5) is 20.2. The van der Waals surface area contributed by atoms with Crippen molar-refractivity contribution < 1.29 is 4.79 Å². The molecule has 1 aliphatic rings. The molecular weight excluding hydrogens is 262 g/mol. The molecule has 1 atom stereocenters. The van der Waals surface area contributed by atoms with E-state index in [2.05, 4.69) is 29.1 Å². The minimum Gasteiger partial charge on any atom is -0.346 e. The van der Waals surface area contributed by atoms with Crippen molar-refractivity contribution in [2.75, 3.05) is 5.32 Å². The van der Waals surface area contributed by atoms with E-state index < -0.39 is 0 Å². The highest BCUT2D eigenvalue weighted by Crippen LogP contribution is 2.25. The van der Waals surface area contributed by atoms with Crippen LogP contribution in [0.2, 0.25) is 0 Å². The Bertz CT molecular complexity index is 687. The van der Waals surface area contributed by atoms with Crippen molar-refractivity contribution in [3.05, 3.63) is 46.5 Å². The van der Waals surface area contributed by atoms with Gasteiger partial charge in [0.05, 0.1) is 5.69 Å². The van der Waals surface area contributed by atoms with Crippen molar-refractivity contribution in [3.8, 4) is 0 Å². The Labute approximate surface area is 125 Å². The average molecular weight is 283 g/mol. The summed E-state index contributed by atoms with van der Waals surface area (Å²) in [5, 5.41) is 3.04. The molecule has 0 saturated carbocycles. The van der Waals surface area contributed by atoms with E-state index >= 15 is 0 Å². The lowest BCUT2D eigenvalue weighted by Crippen LogP contribution is -2.28. The molecule has 1 aliphatic carbocycles. The molecule has 4 nitrogen and oxygen atoms in total. The molecule has 0 aliphatic heterocycles. The van der Waals surface area contributed by atoms with Gasteiger partial charge in [0.2, 0.25) is 5.91 Å². The van der Waals surface area contributed by atoms with E-state index in [0.29, 0.717) is 0 Å². The zero-order valence-electron chi connectivity index (χ0n) is 12.8. The van der Waals surface area contributed by atoms with E-state index in [9.17, 15) is 4.79 Å². The molecule has 1 aromatic carbocycles. The summed E-state index contributed by atoms with van der Waals surface area (Å²) in [6.07, 6.45) is 2.51. The number of carbonyl (C=O) groups is 1. The number of fused-ring (bicyclic) bond motifs is 1. The maximum absolute atomic E-state index is 12.4. The number of aromatic amines is 1. The minimum atomic E-state index is 0.0268. The smallest absolute Gasteiger partial charge is 0.227 e. The number of aryl methyl sites for hydroxylation is 4. The summed E-state index contributed by atoms with van der Waals surface area (Å²) >= 11 is 0. The summed E-state index contributed by atoms with van der Waals surface area (Å²) in [5.41, 5.74) is 5.57. The number of hydrogen-bond donors (Lipinski definition) is 2. The van der Waals surface area contributed by atoms with Gasteiger partial charge >= 0.3 is 0 Å². The predicted octanol–water partition coefficient (Wildman–Crippen LogP) is 3.08. The second kappa shape index (κ2) is 5.35. The largest absolute Gasteiger partial charge is 0.346 e. The predicted molar refractivity (Wildman–Crippen MR) is 83.4 cm³/mol. The van der Waals surface area contributed by atoms with Gasteiger partial charge in [-0.05, 0) is 56.9 Å². The van der Waals surface area contributed by atoms with Crippen LogP contribution in [-0.4, -0.2) is 15.9 Å². The molecule has 4 heteroatoms. The van der Waals surface area contributed by atoms with Crippen molar-refractivity contribution in [2.24, 2.45) is 5.92 Å². The van der Waals surface area contributed by atoms with Crippen LogP contribution in [0.3, 0.4) is 0 Å². The van der Waals surface area contributed by atoms with Gasteiger partial charge in [0, 0.05) is 23.7 Å². The topological polar surface area (TPSA) is 57.8 Å². The lowest BCUT2D eigenvalue weighted by atomic mass is 9.89. The van der Waals surface area contributed by atoms with Gasteiger partial charge in [-0.25, -0.2) is 4.98 Å². The Balaban J connectivity index is 1.70. The van der Waals surface area contributed by atoms with Gasteiger partial charge in [-0.2, -0.15) is 0 Å². The van der Waals surface area contributed by atoms with Crippen LogP contribution in [0, 0.1) is 26.7 Å². The first-order valence-corrected chi connectivity index (χ1v) is 7.45. The standard InChI is InChI=1S/C17H21N3O/c1-10-4-6-14(8-11(10)2)20-17(21)13-5-7-15-16(9-13)19-12(3)18-15/h4,6,8,13H,5,7,9H2,1-3H3,(H,18,19)(H,20,21). The minimum absolute atomic E-state index is 0.0268. The Morgan fingerprint density at radius 2 is 2.10 bits per heavy atom. The van der Waals surface area contributed by atoms with Gasteiger partial charge in [0.15, 0.2) is 0 Å². The van der Waals surface area contributed by atoms with Crippen molar-refractivity contribution >= 4 is 11.6 Å². The number of aromatic nitrogens is 2. The zero-order valence-corrected chi connectivity index (χ0v) is 12.8. The van der Waals surface area contributed by atoms with Crippen molar-refractivity contribution in [1.29, 1.82) is 0 Å². The van der Waals surface area contributed by atoms with Crippen LogP contribution in [-0.2, 0) is 17.6 Å². The maximum Gasteiger partial charge on any atom is 0.227 e. The van der Waals surface area contributed by atoms with Crippen molar-refractivity contribution in [1.82, 2.24) is 9.97 Å². The Hall–Kier alpha value is -2.10. The van der Waals surface area contributed by atoms with Gasteiger partial charge in [0.1, 0.15) is 5.82 Å². The van der Waals surface area contributed by atoms with Crippen molar-refractivity contribution in [3.63, 3.8) is 0 Å². The van der Waals surface area contributed by atoms with Crippen LogP contribution in [0.25, 0.3) is 0 Å². The average Bonchev–Trinajstić information content (AvgIpc) is 2.82. The SMILES string of the molecule is Cc1nc2c([nH]1)CC(C(=O)Nc1ccc(C)c(C)c1)CC2. The molecule has 3 rings (SSSR count). The number of carbonyl (C=O) groups excluding carboxylic acids is 1. The lowest BCUT2D eigenvalue weighted by molar-refractivity contribution is -0.120. The van der Waals surface area contributed by atoms with E-state index in [0.717, 1.165) is 42.2 Å². The fourth-order valence-electron chi connectivity index (χ4n) is 2.91. The Morgan fingerprint density at radius 1 is 1.29 bits per heavy atom. The molecule has 1 aromatic heterocycles. The highest BCUT2D eigenvalue weighted by atomic mass is 16.1. The number of benzene rings is 1. The van der Waals surface area contributed by atoms with E-state index in [-0.39, 0.29) is 11.8 Å². The second-order valence-corrected chi connectivity index (χ2v) is 5.98. The van der Waals surface area contributed by atoms with Crippen LogP contribution in [0.4, 0.5) is 5.69 Å². The van der Waals surface area contributed by atoms with Gasteiger partial charge in [-0.3, -0.25) is 4.79 Å². The number of amides is 1. The van der Waals surface area contributed by atoms with E-state index in [1.165, 1.54) is 11.1 Å². The Kier molecular flexibility index (Phi) is 3.53. The first kappa shape index (κ1) is 13.9. The van der Waals surface area contributed by atoms with E-state index in [4.69, 9.17) is 0 Å². The van der Waals surface area contributed by atoms with E-state index in [1.807, 2.05) is 25.1 Å². The molecule has 1 amide bonds. The fourth-order valence-corrected chi connectivity index (χ4v) is 2.91. The number of nitrogens with zero attached hydrogens (tertiary/aromatic N) is 1. The fraction of sp³-hybridized carbons (Fsp3) is 0.412. The molecule has 0 spiro atoms. The van der Waals surface area contributed by atoms with Crippen LogP contribution in [0.5, 0.6) is 0 Å². The summed E-state index contributed by atoms with van der Waals surface area (Å²) in [7, 11) is 0. The third-order valence-electron chi connectivity index (χ3n) is 4.31. The molecule has 0 bridgehead atoms. The summed E-state index contributed by atoms with van der Waals surface area (Å²) in [6, 6.07) is 6.04. The third kappa shape index (κ3) is 2.84. The van der Waals surface area contributed by atoms with Crippen LogP contribution < -0.4 is 5.32 Å². The highest BCUT2D eigenvalue weighted by molar-refractivity contribution is 5.93. The molecule has 1 heterocycles. The van der Waals surface area contributed by atoms with E-state index in [1.54, 1.807) is 0 Å². The van der Waals surface area contributed by atoms with Gasteiger partial charge in [-0.1, -0.05) is 6.07 Å². The molecule has 110 valence electrons. The molecule has 21 heavy (non-hydrogen) atoms. The molecule has 2 aromatic rings. The van der Waals surface area contributed by atoms with Crippen LogP contribution in [0.1, 0.15) is 34.8 Å². The summed E-state index contributed by atoms with van der Waals surface area (Å²) in [5.74, 6) is 1.07. The van der Waals surface area contributed by atoms with Crippen LogP contribution in [0.15, 0.2) is 18.2 Å². The monoisotopic (exact) mass is 283 g/mol. The first-order chi connectivity index (χ1) is 10.0. The normalized spacial score (nSPS) is 17.4. The lowest BCUT2D eigenvalue weighted by Gasteiger charge is -2.20. The third-order valence-corrected chi connectivity index (χ3v) is 4.31. The zero-order chi connectivity index (χ0) is 15.0. The molecule has 2 N–H and O–H groups in total. The molecule has 0 fully saturated rings. The number of anilines is 1. The molecule has 0 saturated heterocycles. The number of nitrogens with one attached hydrogen (secondary N) is 2. The molecular formula is C17H21N3O. The second-order valence-electron chi connectivity index (χ2n) is 5.98. The molecule has 1 unspecified atom stereocenters. The first-order valence-electron chi connectivity index (χ1n) is 7.45. The Morgan fingerprint density at radius 3 is 2.86 bits per heavy atom. The van der Waals surface area contributed by atoms with Gasteiger partial charge < -0.3 is 10.3 Å². The molecule has 0 radical (unpaired) electrons. The van der Waals surface area contributed by atoms with Crippen LogP contribution >= 0.6 is 0 Å². The number of imidazole rings is 1. The van der Waals surface area contributed by atoms with Gasteiger partial charge in [0.25, 0.3) is 0 Å². The number of rotatable bonds is 2. The highest BCUT2D eigenvalue weighted by Gasteiger charge is 2.26. The van der Waals surface area contributed by atoms with Gasteiger partial charge in [-0.15, -0.1) is 0 Å². The quantitative estimate of drug-likeness (QED) is 0.890. The summed E-state index contributed by atoms with van der Waals surface area (Å²) < 4.78 is 0. The maximum atomic E-state index is 12.4. The summed E-state index contributed by atoms with van der Waals surface area (Å²) in [6.45, 7) is 6.10. The number of hydrogen-bond acceptors (Lipinski definition) is 2.